The minimum Gasteiger partial charge on any atom is -0.507 e. The molecule has 9 heteroatoms. The van der Waals surface area contributed by atoms with Gasteiger partial charge in [0, 0.05) is 29.6 Å². The number of allylic oxidation sites excluding steroid dienone is 1. The van der Waals surface area contributed by atoms with Gasteiger partial charge in [-0.15, -0.1) is 10.2 Å². The number of hydrogen-bond donors (Lipinski definition) is 2. The maximum atomic E-state index is 13.1. The molecule has 0 bridgehead atoms. The van der Waals surface area contributed by atoms with E-state index in [4.69, 9.17) is 0 Å². The molecular weight excluding hydrogens is 384 g/mol. The number of ketones is 2. The lowest BCUT2D eigenvalue weighted by atomic mass is 10.1. The number of tetrazole rings is 1. The van der Waals surface area contributed by atoms with Crippen LogP contribution in [-0.2, 0) is 6.54 Å². The smallest absolute Gasteiger partial charge is 0.244 e. The van der Waals surface area contributed by atoms with Gasteiger partial charge in [0.25, 0.3) is 0 Å². The Bertz CT molecular complexity index is 1200. The van der Waals surface area contributed by atoms with Crippen LogP contribution in [0.3, 0.4) is 0 Å². The lowest BCUT2D eigenvalue weighted by Gasteiger charge is -2.08. The number of nitrogens with one attached hydrogen (secondary N) is 1. The van der Waals surface area contributed by atoms with Crippen molar-refractivity contribution in [2.45, 2.75) is 6.54 Å². The number of aromatic amines is 1. The Kier molecular flexibility index (Phi) is 5.25. The molecule has 30 heavy (non-hydrogen) atoms. The fourth-order valence-corrected chi connectivity index (χ4v) is 2.91. The van der Waals surface area contributed by atoms with Crippen molar-refractivity contribution in [3.8, 4) is 0 Å². The van der Waals surface area contributed by atoms with E-state index < -0.39 is 5.78 Å². The van der Waals surface area contributed by atoms with Gasteiger partial charge in [-0.1, -0.05) is 36.4 Å². The van der Waals surface area contributed by atoms with Crippen LogP contribution >= 0.6 is 0 Å². The summed E-state index contributed by atoms with van der Waals surface area (Å²) < 4.78 is 1.69. The second-order valence-corrected chi connectivity index (χ2v) is 6.39. The number of nitrogens with zero attached hydrogens (tertiary/aromatic N) is 5. The first-order valence-electron chi connectivity index (χ1n) is 9.00. The molecule has 0 radical (unpaired) electrons. The third-order valence-electron chi connectivity index (χ3n) is 4.35. The van der Waals surface area contributed by atoms with Crippen molar-refractivity contribution in [2.24, 2.45) is 0 Å². The van der Waals surface area contributed by atoms with Crippen LogP contribution in [0.4, 0.5) is 0 Å². The first-order chi connectivity index (χ1) is 14.6. The van der Waals surface area contributed by atoms with Crippen LogP contribution in [0.15, 0.2) is 73.1 Å². The average molecular weight is 400 g/mol. The summed E-state index contributed by atoms with van der Waals surface area (Å²) >= 11 is 0. The molecule has 0 fully saturated rings. The Morgan fingerprint density at radius 3 is 2.57 bits per heavy atom. The van der Waals surface area contributed by atoms with Crippen LogP contribution in [0, 0.1) is 0 Å². The number of aliphatic hydroxyl groups excluding tert-OH is 1. The second-order valence-electron chi connectivity index (χ2n) is 6.39. The van der Waals surface area contributed by atoms with Gasteiger partial charge in [-0.3, -0.25) is 14.6 Å². The van der Waals surface area contributed by atoms with Gasteiger partial charge in [-0.05, 0) is 23.4 Å². The number of H-pyrrole nitrogens is 1. The monoisotopic (exact) mass is 400 g/mol. The molecule has 4 rings (SSSR count). The maximum Gasteiger partial charge on any atom is 0.244 e. The average Bonchev–Trinajstić information content (AvgIpc) is 3.45. The van der Waals surface area contributed by atoms with Crippen LogP contribution in [0.1, 0.15) is 37.9 Å². The van der Waals surface area contributed by atoms with Gasteiger partial charge >= 0.3 is 0 Å². The van der Waals surface area contributed by atoms with Gasteiger partial charge in [-0.25, -0.2) is 0 Å². The Morgan fingerprint density at radius 2 is 1.87 bits per heavy atom. The summed E-state index contributed by atoms with van der Waals surface area (Å²) in [5.74, 6) is -1.31. The van der Waals surface area contributed by atoms with Crippen molar-refractivity contribution < 1.29 is 14.7 Å². The van der Waals surface area contributed by atoms with E-state index in [-0.39, 0.29) is 17.4 Å². The van der Waals surface area contributed by atoms with Crippen molar-refractivity contribution in [1.82, 2.24) is 30.2 Å². The Balaban J connectivity index is 1.71. The molecule has 148 valence electrons. The molecule has 0 unspecified atom stereocenters. The van der Waals surface area contributed by atoms with Gasteiger partial charge in [0.2, 0.25) is 17.4 Å². The molecule has 3 heterocycles. The van der Waals surface area contributed by atoms with Crippen molar-refractivity contribution in [3.05, 3.63) is 101 Å². The SMILES string of the molecule is O=C(C=C(O)c1cc(C(=O)c2ccccc2)n(Cc2ccccn2)c1)c1nn[nH]n1. The highest BCUT2D eigenvalue weighted by molar-refractivity contribution is 6.09. The Labute approximate surface area is 170 Å². The zero-order valence-electron chi connectivity index (χ0n) is 15.6. The van der Waals surface area contributed by atoms with Crippen molar-refractivity contribution >= 4 is 17.3 Å². The largest absolute Gasteiger partial charge is 0.507 e. The molecule has 0 amide bonds. The standard InChI is InChI=1S/C21H16N6O3/c28-18(11-19(29)21-23-25-26-24-21)15-10-17(20(30)14-6-2-1-3-7-14)27(12-15)13-16-8-4-5-9-22-16/h1-12,28H,13H2,(H,23,24,25,26). The molecule has 3 aromatic heterocycles. The quantitative estimate of drug-likeness (QED) is 0.277. The molecule has 0 saturated carbocycles. The summed E-state index contributed by atoms with van der Waals surface area (Å²) in [6, 6.07) is 15.9. The Hall–Kier alpha value is -4.40. The van der Waals surface area contributed by atoms with Crippen LogP contribution < -0.4 is 0 Å². The fourth-order valence-electron chi connectivity index (χ4n) is 2.91. The van der Waals surface area contributed by atoms with E-state index in [0.717, 1.165) is 11.8 Å². The number of benzene rings is 1. The minimum absolute atomic E-state index is 0.171. The van der Waals surface area contributed by atoms with E-state index in [1.54, 1.807) is 47.3 Å². The summed E-state index contributed by atoms with van der Waals surface area (Å²) in [6.45, 7) is 0.320. The molecule has 0 spiro atoms. The molecule has 0 saturated heterocycles. The summed E-state index contributed by atoms with van der Waals surface area (Å²) in [7, 11) is 0. The number of rotatable bonds is 7. The molecule has 0 aliphatic heterocycles. The zero-order valence-corrected chi connectivity index (χ0v) is 15.6. The molecular formula is C21H16N6O3. The number of aliphatic hydroxyl groups is 1. The van der Waals surface area contributed by atoms with E-state index in [2.05, 4.69) is 25.6 Å². The fraction of sp³-hybridized carbons (Fsp3) is 0.0476. The minimum atomic E-state index is -0.616. The number of hydrogen-bond acceptors (Lipinski definition) is 7. The van der Waals surface area contributed by atoms with Gasteiger partial charge in [0.1, 0.15) is 5.76 Å². The van der Waals surface area contributed by atoms with Crippen molar-refractivity contribution in [2.75, 3.05) is 0 Å². The number of carbonyl (C=O) groups is 2. The van der Waals surface area contributed by atoms with Gasteiger partial charge in [-0.2, -0.15) is 5.21 Å². The maximum absolute atomic E-state index is 13.1. The van der Waals surface area contributed by atoms with E-state index in [9.17, 15) is 14.7 Å². The van der Waals surface area contributed by atoms with E-state index in [0.29, 0.717) is 23.4 Å². The van der Waals surface area contributed by atoms with Gasteiger partial charge < -0.3 is 9.67 Å². The number of aromatic nitrogens is 6. The van der Waals surface area contributed by atoms with E-state index in [1.807, 2.05) is 18.2 Å². The predicted molar refractivity (Wildman–Crippen MR) is 107 cm³/mol. The van der Waals surface area contributed by atoms with Gasteiger partial charge in [0.05, 0.1) is 17.9 Å². The highest BCUT2D eigenvalue weighted by Gasteiger charge is 2.19. The molecule has 9 nitrogen and oxygen atoms in total. The molecule has 4 aromatic rings. The van der Waals surface area contributed by atoms with Crippen LogP contribution in [0.5, 0.6) is 0 Å². The lowest BCUT2D eigenvalue weighted by molar-refractivity contribution is 0.102. The molecule has 0 atom stereocenters. The summed E-state index contributed by atoms with van der Waals surface area (Å²) in [6.07, 6.45) is 4.25. The molecule has 2 N–H and O–H groups in total. The lowest BCUT2D eigenvalue weighted by Crippen LogP contribution is -2.11. The summed E-state index contributed by atoms with van der Waals surface area (Å²) in [5, 5.41) is 23.1. The highest BCUT2D eigenvalue weighted by Crippen LogP contribution is 2.20. The third-order valence-corrected chi connectivity index (χ3v) is 4.35. The van der Waals surface area contributed by atoms with E-state index >= 15 is 0 Å². The third kappa shape index (κ3) is 4.04. The van der Waals surface area contributed by atoms with Crippen LogP contribution in [0.2, 0.25) is 0 Å². The second kappa shape index (κ2) is 8.31. The summed E-state index contributed by atoms with van der Waals surface area (Å²) in [4.78, 5) is 29.5. The molecule has 0 aliphatic rings. The number of pyridine rings is 1. The first-order valence-corrected chi connectivity index (χ1v) is 9.00. The van der Waals surface area contributed by atoms with Crippen LogP contribution in [-0.4, -0.2) is 46.8 Å². The molecule has 1 aromatic carbocycles. The van der Waals surface area contributed by atoms with Crippen LogP contribution in [0.25, 0.3) is 5.76 Å². The van der Waals surface area contributed by atoms with Crippen molar-refractivity contribution in [3.63, 3.8) is 0 Å². The van der Waals surface area contributed by atoms with Crippen molar-refractivity contribution in [1.29, 1.82) is 0 Å². The Morgan fingerprint density at radius 1 is 1.07 bits per heavy atom. The summed E-state index contributed by atoms with van der Waals surface area (Å²) in [5.41, 5.74) is 1.92. The highest BCUT2D eigenvalue weighted by atomic mass is 16.3. The molecule has 0 aliphatic carbocycles. The topological polar surface area (TPSA) is 127 Å². The normalized spacial score (nSPS) is 11.4. The zero-order chi connectivity index (χ0) is 20.9. The predicted octanol–water partition coefficient (Wildman–Crippen LogP) is 2.46. The van der Waals surface area contributed by atoms with E-state index in [1.165, 1.54) is 6.07 Å². The van der Waals surface area contributed by atoms with Gasteiger partial charge in [0.15, 0.2) is 0 Å². The first kappa shape index (κ1) is 18.9. The number of carbonyl (C=O) groups excluding carboxylic acids is 2.